The highest BCUT2D eigenvalue weighted by molar-refractivity contribution is 6.10. The Kier molecular flexibility index (Phi) is 5.01. The number of alkyl halides is 3. The molecule has 1 aromatic rings. The third kappa shape index (κ3) is 3.78. The van der Waals surface area contributed by atoms with Crippen LogP contribution in [0.1, 0.15) is 24.0 Å². The summed E-state index contributed by atoms with van der Waals surface area (Å²) >= 11 is 0. The van der Waals surface area contributed by atoms with E-state index in [4.69, 9.17) is 0 Å². The van der Waals surface area contributed by atoms with Crippen LogP contribution in [0, 0.1) is 0 Å². The number of halogens is 3. The van der Waals surface area contributed by atoms with Crippen molar-refractivity contribution in [3.05, 3.63) is 35.4 Å². The van der Waals surface area contributed by atoms with Crippen LogP contribution in [0.2, 0.25) is 0 Å². The molecule has 3 rings (SSSR count). The summed E-state index contributed by atoms with van der Waals surface area (Å²) in [7, 11) is 0. The predicted octanol–water partition coefficient (Wildman–Crippen LogP) is 1.16. The van der Waals surface area contributed by atoms with Gasteiger partial charge in [-0.05, 0) is 30.4 Å². The number of fused-ring (bicyclic) bond motifs is 2. The van der Waals surface area contributed by atoms with Gasteiger partial charge in [0.1, 0.15) is 18.6 Å². The Bertz CT molecular complexity index is 842. The summed E-state index contributed by atoms with van der Waals surface area (Å²) in [5, 5.41) is 5.78. The topological polar surface area (TPSA) is 108 Å². The summed E-state index contributed by atoms with van der Waals surface area (Å²) in [6.45, 7) is -2.40. The van der Waals surface area contributed by atoms with Crippen molar-refractivity contribution < 1.29 is 32.3 Å². The van der Waals surface area contributed by atoms with Crippen LogP contribution in [0.4, 0.5) is 22.8 Å². The Labute approximate surface area is 157 Å². The molecule has 0 saturated carbocycles. The largest absolute Gasteiger partial charge is 0.405 e. The molecule has 0 bridgehead atoms. The van der Waals surface area contributed by atoms with E-state index in [0.717, 1.165) is 12.0 Å². The summed E-state index contributed by atoms with van der Waals surface area (Å²) in [5.41, 5.74) is 0.302. The maximum Gasteiger partial charge on any atom is 0.405 e. The van der Waals surface area contributed by atoms with Crippen LogP contribution in [0.15, 0.2) is 24.3 Å². The number of imide groups is 2. The van der Waals surface area contributed by atoms with Crippen LogP contribution in [-0.2, 0) is 21.5 Å². The van der Waals surface area contributed by atoms with Crippen LogP contribution in [-0.4, -0.2) is 48.0 Å². The van der Waals surface area contributed by atoms with Crippen molar-refractivity contribution in [1.82, 2.24) is 20.9 Å². The van der Waals surface area contributed by atoms with Gasteiger partial charge in [0.25, 0.3) is 5.91 Å². The average molecular weight is 398 g/mol. The highest BCUT2D eigenvalue weighted by Crippen LogP contribution is 2.39. The molecular weight excluding hydrogens is 381 g/mol. The Morgan fingerprint density at radius 3 is 2.64 bits per heavy atom. The number of aryl methyl sites for hydroxylation is 1. The fourth-order valence-corrected chi connectivity index (χ4v) is 3.49. The van der Waals surface area contributed by atoms with Gasteiger partial charge in [-0.15, -0.1) is 0 Å². The second kappa shape index (κ2) is 7.13. The highest BCUT2D eigenvalue weighted by Gasteiger charge is 2.54. The molecule has 1 spiro atoms. The first-order chi connectivity index (χ1) is 13.1. The highest BCUT2D eigenvalue weighted by atomic mass is 19.4. The smallest absolute Gasteiger partial charge is 0.329 e. The molecule has 1 aromatic carbocycles. The number of amides is 6. The van der Waals surface area contributed by atoms with Crippen molar-refractivity contribution in [3.63, 3.8) is 0 Å². The van der Waals surface area contributed by atoms with Crippen molar-refractivity contribution in [3.8, 4) is 0 Å². The molecule has 2 aliphatic rings. The van der Waals surface area contributed by atoms with Gasteiger partial charge in [0, 0.05) is 0 Å². The third-order valence-corrected chi connectivity index (χ3v) is 4.65. The van der Waals surface area contributed by atoms with E-state index in [0.29, 0.717) is 23.3 Å². The van der Waals surface area contributed by atoms with Gasteiger partial charge in [-0.3, -0.25) is 19.8 Å². The second-order valence-corrected chi connectivity index (χ2v) is 6.58. The van der Waals surface area contributed by atoms with Gasteiger partial charge in [-0.25, -0.2) is 9.59 Å². The number of carbonyl (C=O) groups is 4. The third-order valence-electron chi connectivity index (χ3n) is 4.65. The van der Waals surface area contributed by atoms with E-state index < -0.39 is 48.7 Å². The van der Waals surface area contributed by atoms with E-state index >= 15 is 0 Å². The van der Waals surface area contributed by atoms with Crippen molar-refractivity contribution >= 4 is 23.9 Å². The Balaban J connectivity index is 1.68. The van der Waals surface area contributed by atoms with Crippen molar-refractivity contribution in [2.45, 2.75) is 31.0 Å². The number of nitrogens with zero attached hydrogens (tertiary/aromatic N) is 1. The van der Waals surface area contributed by atoms with Gasteiger partial charge in [-0.1, -0.05) is 24.3 Å². The number of carbonyl (C=O) groups excluding carboxylic acids is 4. The minimum absolute atomic E-state index is 0.360. The Morgan fingerprint density at radius 1 is 1.21 bits per heavy atom. The first kappa shape index (κ1) is 19.6. The van der Waals surface area contributed by atoms with Crippen molar-refractivity contribution in [1.29, 1.82) is 0 Å². The molecule has 28 heavy (non-hydrogen) atoms. The van der Waals surface area contributed by atoms with Crippen molar-refractivity contribution in [2.75, 3.05) is 13.1 Å². The normalized spacial score (nSPS) is 21.3. The molecular formula is C17H17F3N4O4. The van der Waals surface area contributed by atoms with Crippen LogP contribution < -0.4 is 16.0 Å². The SMILES string of the molecule is O=C(CN1C(=O)N[C@]2(CCCc3ccccc32)C1=O)NC(=O)NCC(F)(F)F. The maximum absolute atomic E-state index is 12.9. The van der Waals surface area contributed by atoms with Crippen LogP contribution >= 0.6 is 0 Å². The zero-order valence-corrected chi connectivity index (χ0v) is 14.6. The lowest BCUT2D eigenvalue weighted by Crippen LogP contribution is -2.49. The first-order valence-electron chi connectivity index (χ1n) is 8.49. The van der Waals surface area contributed by atoms with Crippen LogP contribution in [0.3, 0.4) is 0 Å². The molecule has 1 aliphatic heterocycles. The van der Waals surface area contributed by atoms with Gasteiger partial charge in [0.2, 0.25) is 5.91 Å². The lowest BCUT2D eigenvalue weighted by atomic mass is 9.76. The monoisotopic (exact) mass is 398 g/mol. The van der Waals surface area contributed by atoms with E-state index in [9.17, 15) is 32.3 Å². The van der Waals surface area contributed by atoms with E-state index in [-0.39, 0.29) is 0 Å². The molecule has 3 N–H and O–H groups in total. The first-order valence-corrected chi connectivity index (χ1v) is 8.49. The van der Waals surface area contributed by atoms with Gasteiger partial charge >= 0.3 is 18.2 Å². The number of hydrogen-bond acceptors (Lipinski definition) is 4. The molecule has 1 heterocycles. The molecule has 1 fully saturated rings. The Morgan fingerprint density at radius 2 is 1.93 bits per heavy atom. The van der Waals surface area contributed by atoms with Crippen LogP contribution in [0.25, 0.3) is 0 Å². The number of urea groups is 2. The molecule has 1 atom stereocenters. The fraction of sp³-hybridized carbons (Fsp3) is 0.412. The van der Waals surface area contributed by atoms with Gasteiger partial charge < -0.3 is 10.6 Å². The lowest BCUT2D eigenvalue weighted by Gasteiger charge is -2.33. The van der Waals surface area contributed by atoms with Gasteiger partial charge in [-0.2, -0.15) is 13.2 Å². The summed E-state index contributed by atoms with van der Waals surface area (Å²) in [6, 6.07) is 4.99. The van der Waals surface area contributed by atoms with Gasteiger partial charge in [0.05, 0.1) is 0 Å². The van der Waals surface area contributed by atoms with E-state index in [2.05, 4.69) is 5.32 Å². The molecule has 6 amide bonds. The van der Waals surface area contributed by atoms with Crippen molar-refractivity contribution in [2.24, 2.45) is 0 Å². The fourth-order valence-electron chi connectivity index (χ4n) is 3.49. The molecule has 1 aliphatic carbocycles. The van der Waals surface area contributed by atoms with E-state index in [1.807, 2.05) is 12.1 Å². The quantitative estimate of drug-likeness (QED) is 0.664. The van der Waals surface area contributed by atoms with E-state index in [1.54, 1.807) is 17.4 Å². The predicted molar refractivity (Wildman–Crippen MR) is 88.9 cm³/mol. The summed E-state index contributed by atoms with van der Waals surface area (Å²) in [5.74, 6) is -1.71. The average Bonchev–Trinajstić information content (AvgIpc) is 2.85. The van der Waals surface area contributed by atoms with Gasteiger partial charge in [0.15, 0.2) is 0 Å². The zero-order valence-electron chi connectivity index (χ0n) is 14.6. The molecule has 0 aromatic heterocycles. The minimum Gasteiger partial charge on any atom is -0.329 e. The maximum atomic E-state index is 12.9. The summed E-state index contributed by atoms with van der Waals surface area (Å²) < 4.78 is 36.2. The molecule has 150 valence electrons. The number of nitrogens with one attached hydrogen (secondary N) is 3. The summed E-state index contributed by atoms with van der Waals surface area (Å²) in [6.07, 6.45) is -2.87. The standard InChI is InChI=1S/C17H17F3N4O4/c18-17(19,20)9-21-14(27)22-12(25)8-24-13(26)16(23-15(24)28)7-3-5-10-4-1-2-6-11(10)16/h1-2,4,6H,3,5,7-9H2,(H,23,28)(H2,21,22,25,27)/t16-/m0/s1. The molecule has 1 saturated heterocycles. The second-order valence-electron chi connectivity index (χ2n) is 6.58. The lowest BCUT2D eigenvalue weighted by molar-refractivity contribution is -0.135. The summed E-state index contributed by atoms with van der Waals surface area (Å²) in [4.78, 5) is 49.2. The number of hydrogen-bond donors (Lipinski definition) is 3. The van der Waals surface area contributed by atoms with E-state index in [1.165, 1.54) is 5.32 Å². The molecule has 0 radical (unpaired) electrons. The molecule has 0 unspecified atom stereocenters. The minimum atomic E-state index is -4.63. The molecule has 11 heteroatoms. The number of rotatable bonds is 3. The van der Waals surface area contributed by atoms with Crippen LogP contribution in [0.5, 0.6) is 0 Å². The number of benzene rings is 1. The molecule has 8 nitrogen and oxygen atoms in total. The Hall–Kier alpha value is -3.11. The zero-order chi connectivity index (χ0) is 20.5.